The molecular weight excluding hydrogens is 396 g/mol. The monoisotopic (exact) mass is 416 g/mol. The van der Waals surface area contributed by atoms with E-state index >= 15 is 0 Å². The van der Waals surface area contributed by atoms with E-state index in [1.165, 1.54) is 25.0 Å². The van der Waals surface area contributed by atoms with E-state index in [9.17, 15) is 19.2 Å². The first-order chi connectivity index (χ1) is 14.2. The van der Waals surface area contributed by atoms with Gasteiger partial charge in [0.2, 0.25) is 0 Å². The highest BCUT2D eigenvalue weighted by atomic mass is 16.6. The largest absolute Gasteiger partial charge is 0.468 e. The Balaban J connectivity index is 2.45. The molecule has 1 aromatic carbocycles. The first-order valence-electron chi connectivity index (χ1n) is 8.79. The zero-order chi connectivity index (χ0) is 22.2. The van der Waals surface area contributed by atoms with Crippen molar-refractivity contribution >= 4 is 29.6 Å². The summed E-state index contributed by atoms with van der Waals surface area (Å²) in [4.78, 5) is 52.1. The minimum absolute atomic E-state index is 0.0303. The number of ether oxygens (including phenoxy) is 4. The number of benzene rings is 1. The molecule has 0 aliphatic carbocycles. The summed E-state index contributed by atoms with van der Waals surface area (Å²) in [6, 6.07) is 6.40. The molecule has 2 aliphatic heterocycles. The number of methoxy groups -OCH3 is 3. The van der Waals surface area contributed by atoms with Crippen molar-refractivity contribution in [1.29, 1.82) is 0 Å². The van der Waals surface area contributed by atoms with Gasteiger partial charge in [0.05, 0.1) is 21.3 Å². The average molecular weight is 416 g/mol. The second-order valence-electron chi connectivity index (χ2n) is 6.49. The molecule has 158 valence electrons. The molecular formula is C20H20N2O8. The molecule has 0 saturated carbocycles. The van der Waals surface area contributed by atoms with Gasteiger partial charge >= 0.3 is 23.9 Å². The minimum atomic E-state index is -2.02. The molecule has 1 spiro atoms. The van der Waals surface area contributed by atoms with E-state index in [0.29, 0.717) is 5.69 Å². The average Bonchev–Trinajstić information content (AvgIpc) is 3.00. The number of carbonyl (C=O) groups excluding carboxylic acids is 4. The Morgan fingerprint density at radius 3 is 2.23 bits per heavy atom. The molecule has 1 atom stereocenters. The van der Waals surface area contributed by atoms with Gasteiger partial charge in [-0.15, -0.1) is 0 Å². The quantitative estimate of drug-likeness (QED) is 0.538. The Bertz CT molecular complexity index is 1030. The fourth-order valence-corrected chi connectivity index (χ4v) is 3.84. The van der Waals surface area contributed by atoms with Crippen LogP contribution in [-0.2, 0) is 43.5 Å². The van der Waals surface area contributed by atoms with E-state index in [1.807, 2.05) is 0 Å². The van der Waals surface area contributed by atoms with Crippen molar-refractivity contribution in [2.24, 2.45) is 5.73 Å². The predicted molar refractivity (Wildman–Crippen MR) is 102 cm³/mol. The van der Waals surface area contributed by atoms with Gasteiger partial charge < -0.3 is 29.6 Å². The van der Waals surface area contributed by atoms with Gasteiger partial charge in [-0.1, -0.05) is 18.2 Å². The van der Waals surface area contributed by atoms with Crippen LogP contribution in [0.25, 0.3) is 0 Å². The summed E-state index contributed by atoms with van der Waals surface area (Å²) in [5, 5.41) is 0. The Morgan fingerprint density at radius 1 is 1.03 bits per heavy atom. The molecule has 0 radical (unpaired) electrons. The van der Waals surface area contributed by atoms with Crippen LogP contribution in [0.15, 0.2) is 47.0 Å². The van der Waals surface area contributed by atoms with E-state index in [-0.39, 0.29) is 34.8 Å². The summed E-state index contributed by atoms with van der Waals surface area (Å²) in [6.07, 6.45) is 0. The maximum atomic E-state index is 13.2. The summed E-state index contributed by atoms with van der Waals surface area (Å²) in [5.41, 5.74) is 4.27. The first kappa shape index (κ1) is 20.9. The molecule has 0 saturated heterocycles. The molecule has 10 nitrogen and oxygen atoms in total. The number of nitrogens with zero attached hydrogens (tertiary/aromatic N) is 1. The summed E-state index contributed by atoms with van der Waals surface area (Å²) in [5.74, 6) is -3.67. The van der Waals surface area contributed by atoms with Crippen molar-refractivity contribution in [2.75, 3.05) is 32.8 Å². The van der Waals surface area contributed by atoms with Crippen LogP contribution in [-0.4, -0.2) is 51.8 Å². The fourth-order valence-electron chi connectivity index (χ4n) is 3.84. The molecule has 3 rings (SSSR count). The number of rotatable bonds is 4. The summed E-state index contributed by atoms with van der Waals surface area (Å²) >= 11 is 0. The molecule has 10 heteroatoms. The van der Waals surface area contributed by atoms with Gasteiger partial charge in [0.15, 0.2) is 5.41 Å². The number of anilines is 1. The lowest BCUT2D eigenvalue weighted by Gasteiger charge is -2.40. The van der Waals surface area contributed by atoms with Crippen molar-refractivity contribution in [3.8, 4) is 0 Å². The predicted octanol–water partition coefficient (Wildman–Crippen LogP) is 0.265. The van der Waals surface area contributed by atoms with Gasteiger partial charge in [0, 0.05) is 11.3 Å². The van der Waals surface area contributed by atoms with E-state index in [4.69, 9.17) is 24.7 Å². The molecule has 2 aliphatic rings. The maximum absolute atomic E-state index is 13.2. The van der Waals surface area contributed by atoms with E-state index in [0.717, 1.165) is 14.2 Å². The van der Waals surface area contributed by atoms with E-state index in [1.54, 1.807) is 18.2 Å². The lowest BCUT2D eigenvalue weighted by atomic mass is 9.66. The molecule has 0 fully saturated rings. The number of allylic oxidation sites excluding steroid dienone is 1. The lowest BCUT2D eigenvalue weighted by molar-refractivity contribution is -0.146. The van der Waals surface area contributed by atoms with Crippen molar-refractivity contribution in [3.63, 3.8) is 0 Å². The van der Waals surface area contributed by atoms with Crippen LogP contribution in [0, 0.1) is 0 Å². The number of cyclic esters (lactones) is 1. The lowest BCUT2D eigenvalue weighted by Crippen LogP contribution is -2.51. The standard InChI is InChI=1S/C20H20N2O8/c1-10-14(17(24)28-3)20(19(26)30-10)11-7-5-6-8-12(11)22(9-13(23)27-2)16(21)15(20)18(25)29-4/h5-8H,9,21H2,1-4H3. The molecule has 2 N–H and O–H groups in total. The zero-order valence-electron chi connectivity index (χ0n) is 16.8. The van der Waals surface area contributed by atoms with Gasteiger partial charge in [-0.3, -0.25) is 4.79 Å². The second-order valence-corrected chi connectivity index (χ2v) is 6.49. The van der Waals surface area contributed by atoms with Crippen LogP contribution in [0.4, 0.5) is 5.69 Å². The number of hydrogen-bond donors (Lipinski definition) is 1. The number of para-hydroxylation sites is 1. The normalized spacial score (nSPS) is 20.1. The van der Waals surface area contributed by atoms with Gasteiger partial charge in [-0.05, 0) is 13.0 Å². The number of esters is 4. The molecule has 1 unspecified atom stereocenters. The van der Waals surface area contributed by atoms with E-state index in [2.05, 4.69) is 0 Å². The second kappa shape index (κ2) is 7.54. The van der Waals surface area contributed by atoms with Crippen molar-refractivity contribution in [2.45, 2.75) is 12.3 Å². The Kier molecular flexibility index (Phi) is 5.26. The summed E-state index contributed by atoms with van der Waals surface area (Å²) in [6.45, 7) is 1.06. The maximum Gasteiger partial charge on any atom is 0.339 e. The van der Waals surface area contributed by atoms with Crippen LogP contribution in [0.5, 0.6) is 0 Å². The number of nitrogens with two attached hydrogens (primary N) is 1. The van der Waals surface area contributed by atoms with Crippen LogP contribution in [0.1, 0.15) is 12.5 Å². The minimum Gasteiger partial charge on any atom is -0.468 e. The topological polar surface area (TPSA) is 134 Å². The fraction of sp³-hybridized carbons (Fsp3) is 0.300. The van der Waals surface area contributed by atoms with Crippen LogP contribution in [0.3, 0.4) is 0 Å². The third-order valence-corrected chi connectivity index (χ3v) is 5.09. The number of fused-ring (bicyclic) bond motifs is 2. The van der Waals surface area contributed by atoms with Gasteiger partial charge in [0.1, 0.15) is 29.3 Å². The highest BCUT2D eigenvalue weighted by molar-refractivity contribution is 6.16. The van der Waals surface area contributed by atoms with Gasteiger partial charge in [0.25, 0.3) is 0 Å². The van der Waals surface area contributed by atoms with Crippen molar-refractivity contribution in [1.82, 2.24) is 0 Å². The third kappa shape index (κ3) is 2.71. The van der Waals surface area contributed by atoms with Crippen LogP contribution < -0.4 is 10.6 Å². The van der Waals surface area contributed by atoms with Crippen LogP contribution in [0.2, 0.25) is 0 Å². The molecule has 0 aromatic heterocycles. The molecule has 1 aromatic rings. The number of carbonyl (C=O) groups is 4. The Morgan fingerprint density at radius 2 is 1.63 bits per heavy atom. The highest BCUT2D eigenvalue weighted by Crippen LogP contribution is 2.53. The molecule has 0 bridgehead atoms. The summed E-state index contributed by atoms with van der Waals surface area (Å²) in [7, 11) is 3.45. The molecule has 30 heavy (non-hydrogen) atoms. The molecule has 2 heterocycles. The Hall–Kier alpha value is -3.82. The zero-order valence-corrected chi connectivity index (χ0v) is 16.8. The third-order valence-electron chi connectivity index (χ3n) is 5.09. The SMILES string of the molecule is COC(=O)CN1C(N)=C(C(=O)OC)C2(C(=O)OC(C)=C2C(=O)OC)c2ccccc21. The summed E-state index contributed by atoms with van der Waals surface area (Å²) < 4.78 is 19.8. The van der Waals surface area contributed by atoms with Gasteiger partial charge in [-0.25, -0.2) is 14.4 Å². The molecule has 0 amide bonds. The van der Waals surface area contributed by atoms with Crippen molar-refractivity contribution in [3.05, 3.63) is 52.6 Å². The number of hydrogen-bond acceptors (Lipinski definition) is 10. The smallest absolute Gasteiger partial charge is 0.339 e. The van der Waals surface area contributed by atoms with Gasteiger partial charge in [-0.2, -0.15) is 0 Å². The highest BCUT2D eigenvalue weighted by Gasteiger charge is 2.63. The van der Waals surface area contributed by atoms with Crippen molar-refractivity contribution < 1.29 is 38.1 Å². The Labute approximate surface area is 171 Å². The van der Waals surface area contributed by atoms with Crippen LogP contribution >= 0.6 is 0 Å². The van der Waals surface area contributed by atoms with E-state index < -0.39 is 29.3 Å². The first-order valence-corrected chi connectivity index (χ1v) is 8.79.